The summed E-state index contributed by atoms with van der Waals surface area (Å²) in [5.41, 5.74) is 4.37. The van der Waals surface area contributed by atoms with Crippen LogP contribution in [0.1, 0.15) is 36.8 Å². The van der Waals surface area contributed by atoms with Gasteiger partial charge in [0.1, 0.15) is 0 Å². The average Bonchev–Trinajstić information content (AvgIpc) is 3.68. The Morgan fingerprint density at radius 1 is 0.828 bits per heavy atom. The van der Waals surface area contributed by atoms with Crippen LogP contribution in [0.3, 0.4) is 0 Å². The molecule has 2 aromatic heterocycles. The maximum absolute atomic E-state index is 9.22. The predicted molar refractivity (Wildman–Crippen MR) is 114 cm³/mol. The highest BCUT2D eigenvalue weighted by Gasteiger charge is 2.47. The molecule has 0 atom stereocenters. The number of nitrogens with zero attached hydrogens (tertiary/aromatic N) is 3. The number of H-pyrrole nitrogens is 1. The van der Waals surface area contributed by atoms with E-state index in [1.807, 2.05) is 43.6 Å². The first-order valence-electron chi connectivity index (χ1n) is 10.1. The van der Waals surface area contributed by atoms with Crippen LogP contribution in [0.25, 0.3) is 21.8 Å². The summed E-state index contributed by atoms with van der Waals surface area (Å²) >= 11 is 0. The van der Waals surface area contributed by atoms with Gasteiger partial charge in [-0.25, -0.2) is 0 Å². The maximum atomic E-state index is 9.22. The van der Waals surface area contributed by atoms with Crippen molar-refractivity contribution in [2.45, 2.75) is 36.5 Å². The summed E-state index contributed by atoms with van der Waals surface area (Å²) in [6.07, 6.45) is 8.13. The van der Waals surface area contributed by atoms with Crippen molar-refractivity contribution in [3.05, 3.63) is 72.1 Å². The fourth-order valence-electron chi connectivity index (χ4n) is 4.32. The van der Waals surface area contributed by atoms with Crippen molar-refractivity contribution in [1.29, 1.82) is 10.5 Å². The van der Waals surface area contributed by atoms with Crippen molar-refractivity contribution >= 4 is 21.8 Å². The highest BCUT2D eigenvalue weighted by molar-refractivity contribution is 5.86. The number of aromatic nitrogens is 2. The molecule has 4 nitrogen and oxygen atoms in total. The number of hydrogen-bond acceptors (Lipinski definition) is 2. The third-order valence-electron chi connectivity index (χ3n) is 6.45. The molecule has 0 spiro atoms. The first-order valence-corrected chi connectivity index (χ1v) is 10.1. The molecule has 0 unspecified atom stereocenters. The molecule has 0 saturated heterocycles. The number of para-hydroxylation sites is 2. The van der Waals surface area contributed by atoms with Gasteiger partial charge in [0.05, 0.1) is 23.0 Å². The molecular formula is C25H22N4. The topological polar surface area (TPSA) is 68.3 Å². The van der Waals surface area contributed by atoms with Gasteiger partial charge in [0.2, 0.25) is 0 Å². The summed E-state index contributed by atoms with van der Waals surface area (Å²) in [6.45, 7) is 0. The highest BCUT2D eigenvalue weighted by atomic mass is 14.9. The quantitative estimate of drug-likeness (QED) is 0.503. The molecule has 0 bridgehead atoms. The van der Waals surface area contributed by atoms with Crippen LogP contribution in [-0.2, 0) is 17.9 Å². The minimum Gasteiger partial charge on any atom is -0.361 e. The summed E-state index contributed by atoms with van der Waals surface area (Å²) in [7, 11) is 2.04. The Hall–Kier alpha value is -3.50. The van der Waals surface area contributed by atoms with Gasteiger partial charge in [0.15, 0.2) is 0 Å². The van der Waals surface area contributed by atoms with Crippen LogP contribution in [0, 0.1) is 22.7 Å². The van der Waals surface area contributed by atoms with Crippen LogP contribution < -0.4 is 0 Å². The SMILES string of the molecule is Cn1cc(C2(C#N)CC2)c2ccccc21.N#CC1(c2c[nH]c3ccccc23)CC1. The van der Waals surface area contributed by atoms with Crippen LogP contribution in [0.2, 0.25) is 0 Å². The normalized spacial score (nSPS) is 17.8. The lowest BCUT2D eigenvalue weighted by Gasteiger charge is -2.02. The molecule has 4 aromatic rings. The summed E-state index contributed by atoms with van der Waals surface area (Å²) in [5, 5.41) is 20.8. The van der Waals surface area contributed by atoms with Crippen LogP contribution in [-0.4, -0.2) is 9.55 Å². The lowest BCUT2D eigenvalue weighted by molar-refractivity contribution is 0.888. The number of aromatic amines is 1. The van der Waals surface area contributed by atoms with Crippen LogP contribution in [0.5, 0.6) is 0 Å². The van der Waals surface area contributed by atoms with Gasteiger partial charge in [-0.1, -0.05) is 36.4 Å². The van der Waals surface area contributed by atoms with Crippen molar-refractivity contribution < 1.29 is 0 Å². The van der Waals surface area contributed by atoms with E-state index >= 15 is 0 Å². The molecule has 0 aliphatic heterocycles. The molecule has 2 heterocycles. The molecule has 0 radical (unpaired) electrons. The number of fused-ring (bicyclic) bond motifs is 2. The summed E-state index contributed by atoms with van der Waals surface area (Å²) in [4.78, 5) is 3.22. The summed E-state index contributed by atoms with van der Waals surface area (Å²) in [6, 6.07) is 21.3. The van der Waals surface area contributed by atoms with Crippen molar-refractivity contribution in [3.63, 3.8) is 0 Å². The van der Waals surface area contributed by atoms with Crippen molar-refractivity contribution in [2.24, 2.45) is 7.05 Å². The van der Waals surface area contributed by atoms with Crippen molar-refractivity contribution in [1.82, 2.24) is 9.55 Å². The lowest BCUT2D eigenvalue weighted by atomic mass is 9.97. The first kappa shape index (κ1) is 17.6. The molecule has 2 aromatic carbocycles. The van der Waals surface area contributed by atoms with Gasteiger partial charge in [-0.05, 0) is 48.9 Å². The Morgan fingerprint density at radius 3 is 2.07 bits per heavy atom. The number of benzene rings is 2. The van der Waals surface area contributed by atoms with E-state index < -0.39 is 0 Å². The van der Waals surface area contributed by atoms with Crippen LogP contribution in [0.15, 0.2) is 60.9 Å². The minimum atomic E-state index is -0.181. The number of nitriles is 2. The zero-order valence-electron chi connectivity index (χ0n) is 16.4. The molecule has 29 heavy (non-hydrogen) atoms. The van der Waals surface area contributed by atoms with E-state index in [-0.39, 0.29) is 10.8 Å². The standard InChI is InChI=1S/C13H12N2.C12H10N2/c1-15-8-11(13(9-14)6-7-13)10-4-2-3-5-12(10)15;13-8-12(5-6-12)10-7-14-11-4-2-1-3-9(10)11/h2-5,8H,6-7H2,1H3;1-4,7,14H,5-6H2. The second kappa shape index (κ2) is 6.26. The summed E-state index contributed by atoms with van der Waals surface area (Å²) in [5.74, 6) is 0. The monoisotopic (exact) mass is 378 g/mol. The fourth-order valence-corrected chi connectivity index (χ4v) is 4.32. The zero-order chi connectivity index (χ0) is 20.1. The average molecular weight is 378 g/mol. The third kappa shape index (κ3) is 2.72. The van der Waals surface area contributed by atoms with E-state index in [1.165, 1.54) is 27.4 Å². The Balaban J connectivity index is 0.000000125. The molecule has 2 aliphatic carbocycles. The molecule has 142 valence electrons. The van der Waals surface area contributed by atoms with E-state index in [4.69, 9.17) is 5.26 Å². The molecule has 2 saturated carbocycles. The summed E-state index contributed by atoms with van der Waals surface area (Å²) < 4.78 is 2.11. The van der Waals surface area contributed by atoms with E-state index in [0.29, 0.717) is 0 Å². The van der Waals surface area contributed by atoms with Gasteiger partial charge in [-0.3, -0.25) is 0 Å². The third-order valence-corrected chi connectivity index (χ3v) is 6.45. The van der Waals surface area contributed by atoms with Gasteiger partial charge < -0.3 is 9.55 Å². The van der Waals surface area contributed by atoms with Gasteiger partial charge in [0.25, 0.3) is 0 Å². The van der Waals surface area contributed by atoms with Gasteiger partial charge in [-0.2, -0.15) is 10.5 Å². The smallest absolute Gasteiger partial charge is 0.0844 e. The molecule has 4 heteroatoms. The number of rotatable bonds is 2. The second-order valence-electron chi connectivity index (χ2n) is 8.31. The Kier molecular flexibility index (Phi) is 3.80. The Bertz CT molecular complexity index is 1300. The Morgan fingerprint density at radius 2 is 1.41 bits per heavy atom. The van der Waals surface area contributed by atoms with Crippen molar-refractivity contribution in [3.8, 4) is 12.1 Å². The highest BCUT2D eigenvalue weighted by Crippen LogP contribution is 2.50. The molecular weight excluding hydrogens is 356 g/mol. The number of hydrogen-bond donors (Lipinski definition) is 1. The van der Waals surface area contributed by atoms with E-state index in [0.717, 1.165) is 31.2 Å². The largest absolute Gasteiger partial charge is 0.361 e. The molecule has 2 fully saturated rings. The van der Waals surface area contributed by atoms with Gasteiger partial charge >= 0.3 is 0 Å². The fraction of sp³-hybridized carbons (Fsp3) is 0.280. The van der Waals surface area contributed by atoms with Crippen LogP contribution in [0.4, 0.5) is 0 Å². The van der Waals surface area contributed by atoms with Crippen molar-refractivity contribution in [2.75, 3.05) is 0 Å². The van der Waals surface area contributed by atoms with E-state index in [1.54, 1.807) is 0 Å². The first-order chi connectivity index (χ1) is 14.1. The molecule has 2 aliphatic rings. The predicted octanol–water partition coefficient (Wildman–Crippen LogP) is 5.46. The zero-order valence-corrected chi connectivity index (χ0v) is 16.4. The molecule has 6 rings (SSSR count). The Labute approximate surface area is 170 Å². The number of nitrogens with one attached hydrogen (secondary N) is 1. The van der Waals surface area contributed by atoms with Crippen LogP contribution >= 0.6 is 0 Å². The molecule has 0 amide bonds. The maximum Gasteiger partial charge on any atom is 0.0844 e. The number of aryl methyl sites for hydroxylation is 1. The van der Waals surface area contributed by atoms with Gasteiger partial charge in [0, 0.05) is 41.2 Å². The second-order valence-corrected chi connectivity index (χ2v) is 8.31. The minimum absolute atomic E-state index is 0.180. The van der Waals surface area contributed by atoms with Gasteiger partial charge in [-0.15, -0.1) is 0 Å². The van der Waals surface area contributed by atoms with E-state index in [9.17, 15) is 5.26 Å². The molecule has 1 N–H and O–H groups in total. The van der Waals surface area contributed by atoms with E-state index in [2.05, 4.69) is 46.1 Å². The lowest BCUT2D eigenvalue weighted by Crippen LogP contribution is -2.00.